The molecule has 3 heterocycles. The zero-order valence-corrected chi connectivity index (χ0v) is 20.8. The highest BCUT2D eigenvalue weighted by Crippen LogP contribution is 2.51. The van der Waals surface area contributed by atoms with Crippen molar-refractivity contribution in [2.45, 2.75) is 56.9 Å². The molecule has 2 aliphatic heterocycles. The predicted molar refractivity (Wildman–Crippen MR) is 139 cm³/mol. The maximum atomic E-state index is 13.3. The van der Waals surface area contributed by atoms with Gasteiger partial charge in [0.05, 0.1) is 11.5 Å². The highest BCUT2D eigenvalue weighted by atomic mass is 16.7. The molecular weight excluding hydrogens is 450 g/mol. The van der Waals surface area contributed by atoms with Crippen molar-refractivity contribution in [2.24, 2.45) is 0 Å². The van der Waals surface area contributed by atoms with Crippen LogP contribution in [0, 0.1) is 0 Å². The second-order valence-electron chi connectivity index (χ2n) is 10.1. The van der Waals surface area contributed by atoms with Gasteiger partial charge in [-0.2, -0.15) is 0 Å². The summed E-state index contributed by atoms with van der Waals surface area (Å²) in [4.78, 5) is 20.6. The summed E-state index contributed by atoms with van der Waals surface area (Å²) < 4.78 is 11.0. The minimum Gasteiger partial charge on any atom is -0.454 e. The van der Waals surface area contributed by atoms with Gasteiger partial charge in [-0.3, -0.25) is 9.69 Å². The Morgan fingerprint density at radius 2 is 1.83 bits per heavy atom. The fourth-order valence-corrected chi connectivity index (χ4v) is 5.73. The van der Waals surface area contributed by atoms with Gasteiger partial charge in [-0.1, -0.05) is 49.7 Å². The zero-order chi connectivity index (χ0) is 24.5. The van der Waals surface area contributed by atoms with Crippen LogP contribution in [0.1, 0.15) is 67.3 Å². The number of amides is 1. The van der Waals surface area contributed by atoms with Gasteiger partial charge in [-0.25, -0.2) is 4.98 Å². The van der Waals surface area contributed by atoms with E-state index in [9.17, 15) is 4.79 Å². The third-order valence-corrected chi connectivity index (χ3v) is 7.94. The molecule has 0 spiro atoms. The molecule has 36 heavy (non-hydrogen) atoms. The van der Waals surface area contributed by atoms with E-state index in [0.717, 1.165) is 43.7 Å². The van der Waals surface area contributed by atoms with E-state index in [0.29, 0.717) is 11.6 Å². The fraction of sp³-hybridized carbons (Fsp3) is 0.400. The lowest BCUT2D eigenvalue weighted by Gasteiger charge is -2.36. The molecule has 1 saturated heterocycles. The van der Waals surface area contributed by atoms with E-state index in [1.165, 1.54) is 36.0 Å². The topological polar surface area (TPSA) is 63.7 Å². The molecule has 1 aliphatic carbocycles. The van der Waals surface area contributed by atoms with Gasteiger partial charge in [-0.05, 0) is 85.6 Å². The number of hydrogen-bond acceptors (Lipinski definition) is 5. The minimum absolute atomic E-state index is 0.00877. The van der Waals surface area contributed by atoms with E-state index in [2.05, 4.69) is 47.5 Å². The van der Waals surface area contributed by atoms with Gasteiger partial charge >= 0.3 is 0 Å². The molecule has 6 heteroatoms. The first kappa shape index (κ1) is 23.0. The van der Waals surface area contributed by atoms with Gasteiger partial charge in [0.25, 0.3) is 0 Å². The Balaban J connectivity index is 1.23. The van der Waals surface area contributed by atoms with E-state index in [1.807, 2.05) is 30.5 Å². The molecule has 2 aromatic carbocycles. The number of nitrogens with one attached hydrogen (secondary N) is 1. The van der Waals surface area contributed by atoms with Crippen molar-refractivity contribution < 1.29 is 14.3 Å². The lowest BCUT2D eigenvalue weighted by Crippen LogP contribution is -2.35. The number of ether oxygens (including phenoxy) is 2. The molecule has 6 rings (SSSR count). The summed E-state index contributed by atoms with van der Waals surface area (Å²) >= 11 is 0. The normalized spacial score (nSPS) is 19.0. The van der Waals surface area contributed by atoms with Crippen molar-refractivity contribution in [2.75, 3.05) is 25.2 Å². The Bertz CT molecular complexity index is 1250. The number of piperidine rings is 1. The average Bonchev–Trinajstić information content (AvgIpc) is 3.61. The molecule has 1 N–H and O–H groups in total. The van der Waals surface area contributed by atoms with E-state index >= 15 is 0 Å². The number of aryl methyl sites for hydroxylation is 1. The lowest BCUT2D eigenvalue weighted by atomic mass is 9.91. The second kappa shape index (κ2) is 9.58. The predicted octanol–water partition coefficient (Wildman–Crippen LogP) is 5.62. The third-order valence-electron chi connectivity index (χ3n) is 7.94. The number of carbonyl (C=O) groups excluding carboxylic acids is 1. The molecule has 3 aromatic rings. The molecule has 2 fully saturated rings. The van der Waals surface area contributed by atoms with Crippen LogP contribution in [0.3, 0.4) is 0 Å². The Labute approximate surface area is 212 Å². The van der Waals surface area contributed by atoms with Gasteiger partial charge in [0.2, 0.25) is 12.7 Å². The summed E-state index contributed by atoms with van der Waals surface area (Å²) in [5.74, 6) is 2.03. The molecular formula is C30H33N3O3. The van der Waals surface area contributed by atoms with Crippen molar-refractivity contribution in [1.29, 1.82) is 0 Å². The number of nitrogens with zero attached hydrogens (tertiary/aromatic N) is 2. The Kier molecular flexibility index (Phi) is 6.13. The van der Waals surface area contributed by atoms with Crippen LogP contribution in [-0.2, 0) is 16.6 Å². The summed E-state index contributed by atoms with van der Waals surface area (Å²) in [6.07, 6.45) is 8.35. The van der Waals surface area contributed by atoms with Gasteiger partial charge in [0.1, 0.15) is 5.82 Å². The average molecular weight is 484 g/mol. The number of benzene rings is 2. The van der Waals surface area contributed by atoms with Gasteiger partial charge in [0.15, 0.2) is 11.5 Å². The van der Waals surface area contributed by atoms with Crippen LogP contribution in [0.2, 0.25) is 0 Å². The highest BCUT2D eigenvalue weighted by molar-refractivity contribution is 6.01. The molecule has 1 aromatic heterocycles. The van der Waals surface area contributed by atoms with Gasteiger partial charge in [0, 0.05) is 6.20 Å². The number of likely N-dealkylation sites (tertiary alicyclic amines) is 1. The molecule has 1 saturated carbocycles. The molecule has 186 valence electrons. The van der Waals surface area contributed by atoms with Gasteiger partial charge < -0.3 is 14.8 Å². The summed E-state index contributed by atoms with van der Waals surface area (Å²) in [6.45, 7) is 4.64. The van der Waals surface area contributed by atoms with Crippen molar-refractivity contribution in [3.8, 4) is 11.5 Å². The molecule has 0 radical (unpaired) electrons. The number of rotatable bonds is 7. The van der Waals surface area contributed by atoms with Crippen LogP contribution < -0.4 is 14.8 Å². The van der Waals surface area contributed by atoms with Crippen molar-refractivity contribution in [3.05, 3.63) is 83.0 Å². The van der Waals surface area contributed by atoms with Crippen molar-refractivity contribution in [3.63, 3.8) is 0 Å². The first-order valence-corrected chi connectivity index (χ1v) is 13.2. The maximum absolute atomic E-state index is 13.3. The van der Waals surface area contributed by atoms with Crippen LogP contribution in [0.5, 0.6) is 11.5 Å². The van der Waals surface area contributed by atoms with E-state index in [1.54, 1.807) is 0 Å². The van der Waals surface area contributed by atoms with E-state index in [4.69, 9.17) is 14.5 Å². The molecule has 1 amide bonds. The summed E-state index contributed by atoms with van der Waals surface area (Å²) in [5, 5.41) is 3.08. The summed E-state index contributed by atoms with van der Waals surface area (Å²) in [7, 11) is 0. The molecule has 0 bridgehead atoms. The van der Waals surface area contributed by atoms with Crippen LogP contribution in [-0.4, -0.2) is 35.7 Å². The van der Waals surface area contributed by atoms with E-state index < -0.39 is 5.41 Å². The maximum Gasteiger partial charge on any atom is 0.236 e. The van der Waals surface area contributed by atoms with Gasteiger partial charge in [-0.15, -0.1) is 0 Å². The molecule has 1 atom stereocenters. The summed E-state index contributed by atoms with van der Waals surface area (Å²) in [6, 6.07) is 18.8. The van der Waals surface area contributed by atoms with Crippen LogP contribution in [0.15, 0.2) is 60.8 Å². The number of fused-ring (bicyclic) bond motifs is 1. The fourth-order valence-electron chi connectivity index (χ4n) is 5.73. The number of hydrogen-bond donors (Lipinski definition) is 1. The Morgan fingerprint density at radius 1 is 1.03 bits per heavy atom. The number of pyridine rings is 1. The lowest BCUT2D eigenvalue weighted by molar-refractivity contribution is -0.118. The monoisotopic (exact) mass is 483 g/mol. The highest BCUT2D eigenvalue weighted by Gasteiger charge is 2.51. The van der Waals surface area contributed by atoms with Crippen LogP contribution in [0.25, 0.3) is 0 Å². The molecule has 1 unspecified atom stereocenters. The molecule has 3 aliphatic rings. The Hall–Kier alpha value is -3.38. The van der Waals surface area contributed by atoms with Crippen molar-refractivity contribution in [1.82, 2.24) is 9.88 Å². The first-order valence-electron chi connectivity index (χ1n) is 13.2. The third kappa shape index (κ3) is 4.24. The number of aromatic nitrogens is 1. The summed E-state index contributed by atoms with van der Waals surface area (Å²) in [5.41, 5.74) is 4.37. The quantitative estimate of drug-likeness (QED) is 0.473. The van der Waals surface area contributed by atoms with Crippen LogP contribution >= 0.6 is 0 Å². The second-order valence-corrected chi connectivity index (χ2v) is 10.1. The minimum atomic E-state index is -0.516. The smallest absolute Gasteiger partial charge is 0.236 e. The van der Waals surface area contributed by atoms with Crippen molar-refractivity contribution >= 4 is 11.7 Å². The number of anilines is 1. The van der Waals surface area contributed by atoms with E-state index in [-0.39, 0.29) is 18.7 Å². The standard InChI is InChI=1S/C30H33N3O3/c1-2-21-8-4-5-9-24(21)28(33-16-6-3-7-17-33)22-10-13-27(31-19-22)32-29(34)30(14-15-30)23-11-12-25-26(18-23)36-20-35-25/h4-5,8-13,18-19,28H,2-3,6-7,14-17,20H2,1H3,(H,31,32,34). The zero-order valence-electron chi connectivity index (χ0n) is 20.8. The molecule has 6 nitrogen and oxygen atoms in total. The SMILES string of the molecule is CCc1ccccc1C(c1ccc(NC(=O)C2(c3ccc4c(c3)OCO4)CC2)nc1)N1CCCCC1. The van der Waals surface area contributed by atoms with Crippen LogP contribution in [0.4, 0.5) is 5.82 Å². The Morgan fingerprint density at radius 3 is 2.58 bits per heavy atom. The largest absolute Gasteiger partial charge is 0.454 e. The number of carbonyl (C=O) groups is 1. The first-order chi connectivity index (χ1) is 17.7.